The molecule has 1 fully saturated rings. The number of benzene rings is 1. The Kier molecular flexibility index (Phi) is 4.62. The van der Waals surface area contributed by atoms with Crippen molar-refractivity contribution in [2.45, 2.75) is 57.9 Å². The molecule has 0 aliphatic heterocycles. The molecule has 0 radical (unpaired) electrons. The molecule has 5 nitrogen and oxygen atoms in total. The van der Waals surface area contributed by atoms with Gasteiger partial charge in [0.2, 0.25) is 5.95 Å². The van der Waals surface area contributed by atoms with Gasteiger partial charge in [-0.1, -0.05) is 39.2 Å². The second-order valence-electron chi connectivity index (χ2n) is 7.64. The van der Waals surface area contributed by atoms with Gasteiger partial charge >= 0.3 is 0 Å². The second kappa shape index (κ2) is 7.06. The first-order valence-electron chi connectivity index (χ1n) is 9.68. The summed E-state index contributed by atoms with van der Waals surface area (Å²) in [5.74, 6) is 1.17. The summed E-state index contributed by atoms with van der Waals surface area (Å²) in [6.45, 7) is 4.42. The van der Waals surface area contributed by atoms with E-state index >= 15 is 0 Å². The van der Waals surface area contributed by atoms with Gasteiger partial charge in [0.05, 0.1) is 11.2 Å². The molecule has 1 aliphatic rings. The Bertz CT molecular complexity index is 906. The summed E-state index contributed by atoms with van der Waals surface area (Å²) in [6.07, 6.45) is 8.23. The van der Waals surface area contributed by atoms with Crippen LogP contribution in [0.3, 0.4) is 0 Å². The lowest BCUT2D eigenvalue weighted by atomic mass is 9.96. The van der Waals surface area contributed by atoms with E-state index in [0.29, 0.717) is 12.0 Å². The average Bonchev–Trinajstić information content (AvgIpc) is 2.98. The molecule has 0 atom stereocenters. The Morgan fingerprint density at radius 3 is 2.69 bits per heavy atom. The van der Waals surface area contributed by atoms with E-state index in [-0.39, 0.29) is 0 Å². The van der Waals surface area contributed by atoms with E-state index in [1.54, 1.807) is 0 Å². The summed E-state index contributed by atoms with van der Waals surface area (Å²) >= 11 is 0. The fourth-order valence-corrected chi connectivity index (χ4v) is 4.08. The predicted octanol–water partition coefficient (Wildman–Crippen LogP) is 4.90. The zero-order valence-corrected chi connectivity index (χ0v) is 15.9. The van der Waals surface area contributed by atoms with E-state index in [2.05, 4.69) is 47.4 Å². The first-order valence-corrected chi connectivity index (χ1v) is 9.68. The van der Waals surface area contributed by atoms with Crippen LogP contribution in [0.4, 0.5) is 5.95 Å². The summed E-state index contributed by atoms with van der Waals surface area (Å²) < 4.78 is 2.00. The second-order valence-corrected chi connectivity index (χ2v) is 7.64. The molecule has 0 bridgehead atoms. The highest BCUT2D eigenvalue weighted by Crippen LogP contribution is 2.29. The third kappa shape index (κ3) is 3.30. The van der Waals surface area contributed by atoms with E-state index in [0.717, 1.165) is 22.7 Å². The van der Waals surface area contributed by atoms with Gasteiger partial charge < -0.3 is 5.32 Å². The van der Waals surface area contributed by atoms with Gasteiger partial charge in [-0.3, -0.25) is 4.68 Å². The molecular weight excluding hydrogens is 322 g/mol. The lowest BCUT2D eigenvalue weighted by molar-refractivity contribution is 0.461. The molecular formula is C21H27N5. The Hall–Kier alpha value is -2.43. The van der Waals surface area contributed by atoms with Gasteiger partial charge in [-0.15, -0.1) is 0 Å². The van der Waals surface area contributed by atoms with Gasteiger partial charge in [-0.25, -0.2) is 9.97 Å². The van der Waals surface area contributed by atoms with Crippen molar-refractivity contribution in [3.63, 3.8) is 0 Å². The van der Waals surface area contributed by atoms with Gasteiger partial charge in [-0.05, 0) is 37.0 Å². The van der Waals surface area contributed by atoms with Crippen LogP contribution in [0.2, 0.25) is 0 Å². The topological polar surface area (TPSA) is 55.6 Å². The van der Waals surface area contributed by atoms with Crippen LogP contribution in [0.15, 0.2) is 30.5 Å². The smallest absolute Gasteiger partial charge is 0.223 e. The van der Waals surface area contributed by atoms with Gasteiger partial charge in [0, 0.05) is 35.9 Å². The van der Waals surface area contributed by atoms with Crippen molar-refractivity contribution >= 4 is 16.9 Å². The van der Waals surface area contributed by atoms with Crippen molar-refractivity contribution < 1.29 is 0 Å². The van der Waals surface area contributed by atoms with Crippen molar-refractivity contribution in [1.82, 2.24) is 19.7 Å². The maximum absolute atomic E-state index is 4.78. The Morgan fingerprint density at radius 1 is 1.12 bits per heavy atom. The molecule has 3 aromatic rings. The average molecular weight is 349 g/mol. The highest BCUT2D eigenvalue weighted by Gasteiger charge is 2.16. The van der Waals surface area contributed by atoms with Crippen molar-refractivity contribution in [1.29, 1.82) is 0 Å². The molecule has 0 unspecified atom stereocenters. The largest absolute Gasteiger partial charge is 0.351 e. The minimum Gasteiger partial charge on any atom is -0.351 e. The van der Waals surface area contributed by atoms with E-state index in [1.165, 1.54) is 43.2 Å². The normalized spacial score (nSPS) is 15.7. The number of anilines is 1. The van der Waals surface area contributed by atoms with Crippen LogP contribution >= 0.6 is 0 Å². The van der Waals surface area contributed by atoms with Crippen LogP contribution in [0.5, 0.6) is 0 Å². The lowest BCUT2D eigenvalue weighted by Gasteiger charge is -2.22. The summed E-state index contributed by atoms with van der Waals surface area (Å²) in [5, 5.41) is 9.37. The number of aryl methyl sites for hydroxylation is 1. The molecule has 5 heteroatoms. The number of hydrogen-bond acceptors (Lipinski definition) is 4. The molecule has 0 spiro atoms. The van der Waals surface area contributed by atoms with Crippen molar-refractivity contribution in [2.24, 2.45) is 7.05 Å². The molecule has 0 amide bonds. The van der Waals surface area contributed by atoms with E-state index in [9.17, 15) is 0 Å². The predicted molar refractivity (Wildman–Crippen MR) is 106 cm³/mol. The summed E-state index contributed by atoms with van der Waals surface area (Å²) in [5.41, 5.74) is 4.37. The highest BCUT2D eigenvalue weighted by atomic mass is 15.3. The van der Waals surface area contributed by atoms with E-state index < -0.39 is 0 Å². The monoisotopic (exact) mass is 349 g/mol. The maximum Gasteiger partial charge on any atom is 0.223 e. The molecule has 26 heavy (non-hydrogen) atoms. The first-order chi connectivity index (χ1) is 12.6. The molecule has 0 saturated heterocycles. The zero-order valence-electron chi connectivity index (χ0n) is 15.9. The summed E-state index contributed by atoms with van der Waals surface area (Å²) in [6, 6.07) is 8.90. The third-order valence-corrected chi connectivity index (χ3v) is 5.32. The molecule has 136 valence electrons. The highest BCUT2D eigenvalue weighted by molar-refractivity contribution is 5.86. The van der Waals surface area contributed by atoms with Gasteiger partial charge in [0.15, 0.2) is 0 Å². The lowest BCUT2D eigenvalue weighted by Crippen LogP contribution is -2.23. The van der Waals surface area contributed by atoms with Gasteiger partial charge in [-0.2, -0.15) is 5.10 Å². The minimum atomic E-state index is 0.425. The van der Waals surface area contributed by atoms with Crippen LogP contribution in [-0.2, 0) is 7.05 Å². The molecule has 4 rings (SSSR count). The van der Waals surface area contributed by atoms with Crippen LogP contribution in [0.1, 0.15) is 57.6 Å². The zero-order chi connectivity index (χ0) is 18.1. The third-order valence-electron chi connectivity index (χ3n) is 5.32. The molecule has 2 aromatic heterocycles. The number of rotatable bonds is 4. The Labute approximate surface area is 154 Å². The van der Waals surface area contributed by atoms with Gasteiger partial charge in [0.25, 0.3) is 0 Å². The number of fused-ring (bicyclic) bond motifs is 1. The van der Waals surface area contributed by atoms with Crippen LogP contribution < -0.4 is 5.32 Å². The first kappa shape index (κ1) is 17.0. The molecule has 1 N–H and O–H groups in total. The summed E-state index contributed by atoms with van der Waals surface area (Å²) in [7, 11) is 2.02. The molecule has 1 aromatic carbocycles. The van der Waals surface area contributed by atoms with E-state index in [1.807, 2.05) is 24.0 Å². The van der Waals surface area contributed by atoms with Crippen LogP contribution in [-0.4, -0.2) is 25.8 Å². The van der Waals surface area contributed by atoms with Gasteiger partial charge in [0.1, 0.15) is 0 Å². The summed E-state index contributed by atoms with van der Waals surface area (Å²) in [4.78, 5) is 9.21. The Balaban J connectivity index is 1.66. The number of nitrogens with one attached hydrogen (secondary N) is 1. The number of nitrogens with zero attached hydrogens (tertiary/aromatic N) is 4. The molecule has 2 heterocycles. The van der Waals surface area contributed by atoms with Crippen molar-refractivity contribution in [3.8, 4) is 11.3 Å². The number of hydrogen-bond donors (Lipinski definition) is 1. The minimum absolute atomic E-state index is 0.425. The maximum atomic E-state index is 4.78. The Morgan fingerprint density at radius 2 is 1.92 bits per heavy atom. The SMILES string of the molecule is CC(C)c1c2cc(-c3ccnc(NC4CCCCC4)n3)ccc2nn1C. The van der Waals surface area contributed by atoms with Crippen LogP contribution in [0, 0.1) is 0 Å². The van der Waals surface area contributed by atoms with Crippen molar-refractivity contribution in [3.05, 3.63) is 36.2 Å². The van der Waals surface area contributed by atoms with Crippen LogP contribution in [0.25, 0.3) is 22.2 Å². The van der Waals surface area contributed by atoms with Crippen molar-refractivity contribution in [2.75, 3.05) is 5.32 Å². The fourth-order valence-electron chi connectivity index (χ4n) is 4.08. The standard InChI is InChI=1S/C21H27N5/c1-14(2)20-17-13-15(9-10-19(17)25-26(20)3)18-11-12-22-21(24-18)23-16-7-5-4-6-8-16/h9-14,16H,4-8H2,1-3H3,(H,22,23,24). The number of aromatic nitrogens is 4. The van der Waals surface area contributed by atoms with E-state index in [4.69, 9.17) is 4.98 Å². The quantitative estimate of drug-likeness (QED) is 0.728. The molecule has 1 saturated carbocycles. The molecule has 1 aliphatic carbocycles. The fraction of sp³-hybridized carbons (Fsp3) is 0.476.